The summed E-state index contributed by atoms with van der Waals surface area (Å²) in [6.07, 6.45) is 4.80. The molecule has 7 heteroatoms. The number of carbonyl (C=O) groups is 1. The summed E-state index contributed by atoms with van der Waals surface area (Å²) in [7, 11) is 1.54. The predicted molar refractivity (Wildman–Crippen MR) is 85.8 cm³/mol. The molecule has 0 unspecified atom stereocenters. The summed E-state index contributed by atoms with van der Waals surface area (Å²) < 4.78 is 10.5. The molecule has 0 aliphatic carbocycles. The minimum Gasteiger partial charge on any atom is -0.497 e. The number of esters is 1. The first-order valence-corrected chi connectivity index (χ1v) is 7.59. The maximum absolute atomic E-state index is 12.2. The highest BCUT2D eigenvalue weighted by molar-refractivity contribution is 7.15. The first-order chi connectivity index (χ1) is 11.2. The molecule has 0 atom stereocenters. The molecule has 6 nitrogen and oxygen atoms in total. The van der Waals surface area contributed by atoms with Crippen LogP contribution < -0.4 is 9.47 Å². The molecule has 23 heavy (non-hydrogen) atoms. The van der Waals surface area contributed by atoms with Gasteiger partial charge in [-0.3, -0.25) is 9.97 Å². The van der Waals surface area contributed by atoms with Crippen molar-refractivity contribution in [2.45, 2.75) is 6.92 Å². The lowest BCUT2D eigenvalue weighted by molar-refractivity contribution is 0.0727. The second kappa shape index (κ2) is 6.53. The standard InChI is InChI=1S/C16H13N3O3S/c1-10-14(19-15(23-10)13-9-17-6-7-18-13)22-16(20)11-4-3-5-12(8-11)21-2/h3-9H,1-2H3. The Balaban J connectivity index is 1.83. The van der Waals surface area contributed by atoms with Gasteiger partial charge < -0.3 is 9.47 Å². The van der Waals surface area contributed by atoms with Gasteiger partial charge in [-0.05, 0) is 25.1 Å². The average molecular weight is 327 g/mol. The van der Waals surface area contributed by atoms with Gasteiger partial charge in [0.1, 0.15) is 16.5 Å². The molecular formula is C16H13N3O3S. The first-order valence-electron chi connectivity index (χ1n) is 6.77. The topological polar surface area (TPSA) is 74.2 Å². The smallest absolute Gasteiger partial charge is 0.345 e. The Morgan fingerprint density at radius 3 is 2.87 bits per heavy atom. The zero-order chi connectivity index (χ0) is 16.2. The van der Waals surface area contributed by atoms with Crippen molar-refractivity contribution in [1.29, 1.82) is 0 Å². The molecular weight excluding hydrogens is 314 g/mol. The molecule has 0 saturated heterocycles. The molecule has 2 heterocycles. The molecule has 0 fully saturated rings. The van der Waals surface area contributed by atoms with Crippen LogP contribution in [0.5, 0.6) is 11.6 Å². The fourth-order valence-corrected chi connectivity index (χ4v) is 2.70. The molecule has 0 saturated carbocycles. The van der Waals surface area contributed by atoms with Crippen molar-refractivity contribution in [2.75, 3.05) is 7.11 Å². The predicted octanol–water partition coefficient (Wildman–Crippen LogP) is 3.14. The van der Waals surface area contributed by atoms with Crippen molar-refractivity contribution in [3.05, 3.63) is 53.3 Å². The van der Waals surface area contributed by atoms with E-state index in [2.05, 4.69) is 15.0 Å². The molecule has 0 radical (unpaired) electrons. The van der Waals surface area contributed by atoms with Gasteiger partial charge in [0.15, 0.2) is 0 Å². The monoisotopic (exact) mass is 327 g/mol. The summed E-state index contributed by atoms with van der Waals surface area (Å²) in [5.41, 5.74) is 1.04. The number of nitrogens with zero attached hydrogens (tertiary/aromatic N) is 3. The average Bonchev–Trinajstić information content (AvgIpc) is 2.96. The van der Waals surface area contributed by atoms with Gasteiger partial charge in [-0.15, -0.1) is 11.3 Å². The third-order valence-corrected chi connectivity index (χ3v) is 4.01. The second-order valence-corrected chi connectivity index (χ2v) is 5.80. The summed E-state index contributed by atoms with van der Waals surface area (Å²) in [5.74, 6) is 0.390. The van der Waals surface area contributed by atoms with Gasteiger partial charge in [0.2, 0.25) is 5.88 Å². The molecule has 116 valence electrons. The third kappa shape index (κ3) is 3.35. The van der Waals surface area contributed by atoms with Gasteiger partial charge in [0, 0.05) is 12.4 Å². The lowest BCUT2D eigenvalue weighted by Crippen LogP contribution is -2.09. The van der Waals surface area contributed by atoms with E-state index < -0.39 is 5.97 Å². The van der Waals surface area contributed by atoms with Gasteiger partial charge in [-0.25, -0.2) is 4.79 Å². The molecule has 0 spiro atoms. The quantitative estimate of drug-likeness (QED) is 0.685. The van der Waals surface area contributed by atoms with E-state index in [-0.39, 0.29) is 5.88 Å². The molecule has 0 N–H and O–H groups in total. The van der Waals surface area contributed by atoms with Crippen LogP contribution in [0.4, 0.5) is 0 Å². The number of rotatable bonds is 4. The highest BCUT2D eigenvalue weighted by Gasteiger charge is 2.16. The van der Waals surface area contributed by atoms with E-state index in [9.17, 15) is 4.79 Å². The summed E-state index contributed by atoms with van der Waals surface area (Å²) >= 11 is 1.40. The van der Waals surface area contributed by atoms with Crippen LogP contribution in [-0.2, 0) is 0 Å². The Kier molecular flexibility index (Phi) is 4.29. The van der Waals surface area contributed by atoms with Crippen molar-refractivity contribution in [1.82, 2.24) is 15.0 Å². The fraction of sp³-hybridized carbons (Fsp3) is 0.125. The maximum Gasteiger partial charge on any atom is 0.345 e. The maximum atomic E-state index is 12.2. The van der Waals surface area contributed by atoms with E-state index in [0.717, 1.165) is 4.88 Å². The summed E-state index contributed by atoms with van der Waals surface area (Å²) in [6.45, 7) is 1.84. The molecule has 0 aliphatic rings. The van der Waals surface area contributed by atoms with Crippen molar-refractivity contribution >= 4 is 17.3 Å². The van der Waals surface area contributed by atoms with Crippen LogP contribution in [0.25, 0.3) is 10.7 Å². The zero-order valence-corrected chi connectivity index (χ0v) is 13.3. The van der Waals surface area contributed by atoms with Crippen LogP contribution in [0.3, 0.4) is 0 Å². The number of benzene rings is 1. The van der Waals surface area contributed by atoms with E-state index in [0.29, 0.717) is 22.0 Å². The van der Waals surface area contributed by atoms with Gasteiger partial charge in [-0.1, -0.05) is 6.07 Å². The van der Waals surface area contributed by atoms with Crippen LogP contribution >= 0.6 is 11.3 Å². The van der Waals surface area contributed by atoms with Crippen LogP contribution in [0.1, 0.15) is 15.2 Å². The highest BCUT2D eigenvalue weighted by Crippen LogP contribution is 2.30. The van der Waals surface area contributed by atoms with E-state index in [1.54, 1.807) is 50.0 Å². The Labute approximate surface area is 136 Å². The Morgan fingerprint density at radius 1 is 1.26 bits per heavy atom. The number of hydrogen-bond acceptors (Lipinski definition) is 7. The number of thiazole rings is 1. The Morgan fingerprint density at radius 2 is 2.13 bits per heavy atom. The van der Waals surface area contributed by atoms with Crippen LogP contribution in [0, 0.1) is 6.92 Å². The number of ether oxygens (including phenoxy) is 2. The van der Waals surface area contributed by atoms with Gasteiger partial charge in [-0.2, -0.15) is 4.98 Å². The number of methoxy groups -OCH3 is 1. The van der Waals surface area contributed by atoms with E-state index in [1.165, 1.54) is 11.3 Å². The van der Waals surface area contributed by atoms with Crippen molar-refractivity contribution in [3.8, 4) is 22.3 Å². The van der Waals surface area contributed by atoms with Gasteiger partial charge >= 0.3 is 5.97 Å². The lowest BCUT2D eigenvalue weighted by atomic mass is 10.2. The minimum atomic E-state index is -0.483. The third-order valence-electron chi connectivity index (χ3n) is 3.03. The summed E-state index contributed by atoms with van der Waals surface area (Å²) in [5, 5.41) is 0.657. The molecule has 1 aromatic carbocycles. The molecule has 2 aromatic heterocycles. The largest absolute Gasteiger partial charge is 0.497 e. The minimum absolute atomic E-state index is 0.281. The second-order valence-electron chi connectivity index (χ2n) is 4.59. The zero-order valence-electron chi connectivity index (χ0n) is 12.5. The van der Waals surface area contributed by atoms with Crippen LogP contribution in [0.2, 0.25) is 0 Å². The highest BCUT2D eigenvalue weighted by atomic mass is 32.1. The molecule has 0 bridgehead atoms. The van der Waals surface area contributed by atoms with Gasteiger partial charge in [0.05, 0.1) is 23.7 Å². The Hall–Kier alpha value is -2.80. The molecule has 3 aromatic rings. The molecule has 3 rings (SSSR count). The normalized spacial score (nSPS) is 10.3. The number of aromatic nitrogens is 3. The lowest BCUT2D eigenvalue weighted by Gasteiger charge is -2.04. The fourth-order valence-electron chi connectivity index (χ4n) is 1.89. The Bertz CT molecular complexity index is 834. The van der Waals surface area contributed by atoms with Crippen molar-refractivity contribution < 1.29 is 14.3 Å². The van der Waals surface area contributed by atoms with Crippen LogP contribution in [0.15, 0.2) is 42.9 Å². The van der Waals surface area contributed by atoms with Crippen molar-refractivity contribution in [3.63, 3.8) is 0 Å². The van der Waals surface area contributed by atoms with E-state index in [4.69, 9.17) is 9.47 Å². The number of aryl methyl sites for hydroxylation is 1. The number of hydrogen-bond donors (Lipinski definition) is 0. The first kappa shape index (κ1) is 15.1. The summed E-state index contributed by atoms with van der Waals surface area (Å²) in [4.78, 5) is 25.6. The van der Waals surface area contributed by atoms with E-state index in [1.807, 2.05) is 6.92 Å². The van der Waals surface area contributed by atoms with Crippen molar-refractivity contribution in [2.24, 2.45) is 0 Å². The van der Waals surface area contributed by atoms with Crippen LogP contribution in [-0.4, -0.2) is 28.0 Å². The summed E-state index contributed by atoms with van der Waals surface area (Å²) in [6, 6.07) is 6.77. The van der Waals surface area contributed by atoms with Gasteiger partial charge in [0.25, 0.3) is 0 Å². The number of carbonyl (C=O) groups excluding carboxylic acids is 1. The van der Waals surface area contributed by atoms with E-state index >= 15 is 0 Å². The SMILES string of the molecule is COc1cccc(C(=O)Oc2nc(-c3cnccn3)sc2C)c1. The molecule has 0 amide bonds. The molecule has 0 aliphatic heterocycles.